The standard InChI is InChI=1S/C18H23NO4S/c1-5-13(2)14-6-9-16(10-7-14)24(20,21)19-17-11-8-15(22-3)12-18(17)23-4/h6-13,19H,5H2,1-4H3/t13-/m1/s1. The van der Waals surface area contributed by atoms with Crippen LogP contribution in [0.3, 0.4) is 0 Å². The van der Waals surface area contributed by atoms with Crippen molar-refractivity contribution in [2.45, 2.75) is 31.1 Å². The van der Waals surface area contributed by atoms with E-state index in [0.29, 0.717) is 23.1 Å². The summed E-state index contributed by atoms with van der Waals surface area (Å²) in [5.74, 6) is 1.39. The van der Waals surface area contributed by atoms with Gasteiger partial charge < -0.3 is 9.47 Å². The van der Waals surface area contributed by atoms with Crippen LogP contribution < -0.4 is 14.2 Å². The number of ether oxygens (including phenoxy) is 2. The second-order valence-corrected chi connectivity index (χ2v) is 7.23. The average Bonchev–Trinajstić information content (AvgIpc) is 2.61. The second-order valence-electron chi connectivity index (χ2n) is 5.55. The summed E-state index contributed by atoms with van der Waals surface area (Å²) in [4.78, 5) is 0.215. The van der Waals surface area contributed by atoms with E-state index in [2.05, 4.69) is 18.6 Å². The van der Waals surface area contributed by atoms with Crippen LogP contribution in [-0.2, 0) is 10.0 Å². The molecular weight excluding hydrogens is 326 g/mol. The molecule has 0 aliphatic carbocycles. The summed E-state index contributed by atoms with van der Waals surface area (Å²) in [7, 11) is -0.667. The lowest BCUT2D eigenvalue weighted by atomic mass is 9.99. The Kier molecular flexibility index (Phi) is 5.72. The summed E-state index contributed by atoms with van der Waals surface area (Å²) < 4.78 is 38.1. The summed E-state index contributed by atoms with van der Waals surface area (Å²) in [5, 5.41) is 0. The fraction of sp³-hybridized carbons (Fsp3) is 0.333. The van der Waals surface area contributed by atoms with Crippen LogP contribution in [0.5, 0.6) is 11.5 Å². The van der Waals surface area contributed by atoms with E-state index in [9.17, 15) is 8.42 Å². The Morgan fingerprint density at radius 1 is 1.04 bits per heavy atom. The van der Waals surface area contributed by atoms with Gasteiger partial charge in [0.1, 0.15) is 11.5 Å². The first-order valence-electron chi connectivity index (χ1n) is 7.76. The molecule has 0 aliphatic heterocycles. The molecule has 0 saturated carbocycles. The van der Waals surface area contributed by atoms with Crippen LogP contribution in [0.25, 0.3) is 0 Å². The van der Waals surface area contributed by atoms with Crippen molar-refractivity contribution in [2.75, 3.05) is 18.9 Å². The molecule has 2 rings (SSSR count). The number of hydrogen-bond donors (Lipinski definition) is 1. The highest BCUT2D eigenvalue weighted by Crippen LogP contribution is 2.31. The van der Waals surface area contributed by atoms with Crippen molar-refractivity contribution in [2.24, 2.45) is 0 Å². The van der Waals surface area contributed by atoms with Crippen molar-refractivity contribution in [3.63, 3.8) is 0 Å². The van der Waals surface area contributed by atoms with E-state index in [0.717, 1.165) is 12.0 Å². The molecule has 0 spiro atoms. The van der Waals surface area contributed by atoms with Gasteiger partial charge in [-0.05, 0) is 42.2 Å². The Hall–Kier alpha value is -2.21. The highest BCUT2D eigenvalue weighted by atomic mass is 32.2. The van der Waals surface area contributed by atoms with Crippen LogP contribution in [-0.4, -0.2) is 22.6 Å². The van der Waals surface area contributed by atoms with E-state index in [-0.39, 0.29) is 4.90 Å². The maximum absolute atomic E-state index is 12.6. The Morgan fingerprint density at radius 2 is 1.71 bits per heavy atom. The van der Waals surface area contributed by atoms with E-state index in [1.807, 2.05) is 12.1 Å². The molecular formula is C18H23NO4S. The van der Waals surface area contributed by atoms with E-state index in [1.165, 1.54) is 14.2 Å². The van der Waals surface area contributed by atoms with Crippen molar-refractivity contribution in [1.29, 1.82) is 0 Å². The van der Waals surface area contributed by atoms with E-state index >= 15 is 0 Å². The second kappa shape index (κ2) is 7.57. The van der Waals surface area contributed by atoms with E-state index in [4.69, 9.17) is 9.47 Å². The van der Waals surface area contributed by atoms with Gasteiger partial charge in [-0.2, -0.15) is 0 Å². The zero-order valence-electron chi connectivity index (χ0n) is 14.4. The fourth-order valence-corrected chi connectivity index (χ4v) is 3.37. The van der Waals surface area contributed by atoms with Crippen molar-refractivity contribution in [1.82, 2.24) is 0 Å². The summed E-state index contributed by atoms with van der Waals surface area (Å²) in [6.07, 6.45) is 1.01. The number of nitrogens with one attached hydrogen (secondary N) is 1. The third-order valence-electron chi connectivity index (χ3n) is 4.02. The quantitative estimate of drug-likeness (QED) is 0.820. The Labute approximate surface area is 143 Å². The van der Waals surface area contributed by atoms with Crippen LogP contribution in [0.2, 0.25) is 0 Å². The Morgan fingerprint density at radius 3 is 2.25 bits per heavy atom. The number of rotatable bonds is 7. The van der Waals surface area contributed by atoms with Crippen LogP contribution in [0, 0.1) is 0 Å². The molecule has 2 aromatic rings. The average molecular weight is 349 g/mol. The summed E-state index contributed by atoms with van der Waals surface area (Å²) in [6.45, 7) is 4.22. The maximum atomic E-state index is 12.6. The lowest BCUT2D eigenvalue weighted by Gasteiger charge is -2.14. The van der Waals surface area contributed by atoms with Gasteiger partial charge in [0.2, 0.25) is 0 Å². The molecule has 0 radical (unpaired) electrons. The minimum atomic E-state index is -3.69. The minimum Gasteiger partial charge on any atom is -0.497 e. The number of hydrogen-bond acceptors (Lipinski definition) is 4. The van der Waals surface area contributed by atoms with Crippen molar-refractivity contribution < 1.29 is 17.9 Å². The van der Waals surface area contributed by atoms with Gasteiger partial charge in [-0.15, -0.1) is 0 Å². The molecule has 6 heteroatoms. The lowest BCUT2D eigenvalue weighted by molar-refractivity contribution is 0.395. The summed E-state index contributed by atoms with van der Waals surface area (Å²) in [5.41, 5.74) is 1.49. The molecule has 1 atom stereocenters. The highest BCUT2D eigenvalue weighted by Gasteiger charge is 2.17. The van der Waals surface area contributed by atoms with E-state index in [1.54, 1.807) is 30.3 Å². The molecule has 0 unspecified atom stereocenters. The molecule has 1 N–H and O–H groups in total. The number of methoxy groups -OCH3 is 2. The van der Waals surface area contributed by atoms with Crippen molar-refractivity contribution in [3.8, 4) is 11.5 Å². The lowest BCUT2D eigenvalue weighted by Crippen LogP contribution is -2.13. The fourth-order valence-electron chi connectivity index (χ4n) is 2.30. The molecule has 0 bridgehead atoms. The van der Waals surface area contributed by atoms with Gasteiger partial charge in [0, 0.05) is 6.07 Å². The smallest absolute Gasteiger partial charge is 0.262 e. The van der Waals surface area contributed by atoms with Crippen molar-refractivity contribution in [3.05, 3.63) is 48.0 Å². The molecule has 2 aromatic carbocycles. The van der Waals surface area contributed by atoms with Crippen LogP contribution in [0.15, 0.2) is 47.4 Å². The van der Waals surface area contributed by atoms with E-state index < -0.39 is 10.0 Å². The third-order valence-corrected chi connectivity index (χ3v) is 5.41. The van der Waals surface area contributed by atoms with Crippen LogP contribution in [0.1, 0.15) is 31.7 Å². The predicted octanol–water partition coefficient (Wildman–Crippen LogP) is 4.02. The van der Waals surface area contributed by atoms with Gasteiger partial charge in [-0.25, -0.2) is 8.42 Å². The zero-order valence-corrected chi connectivity index (χ0v) is 15.2. The SMILES string of the molecule is CC[C@@H](C)c1ccc(S(=O)(=O)Nc2ccc(OC)cc2OC)cc1. The first-order chi connectivity index (χ1) is 11.4. The molecule has 5 nitrogen and oxygen atoms in total. The van der Waals surface area contributed by atoms with Gasteiger partial charge in [0.15, 0.2) is 0 Å². The van der Waals surface area contributed by atoms with Crippen LogP contribution >= 0.6 is 0 Å². The number of benzene rings is 2. The molecule has 130 valence electrons. The molecule has 0 amide bonds. The Bertz CT molecular complexity index is 785. The molecule has 24 heavy (non-hydrogen) atoms. The predicted molar refractivity (Wildman–Crippen MR) is 95.5 cm³/mol. The topological polar surface area (TPSA) is 64.6 Å². The van der Waals surface area contributed by atoms with Crippen LogP contribution in [0.4, 0.5) is 5.69 Å². The summed E-state index contributed by atoms with van der Waals surface area (Å²) >= 11 is 0. The molecule has 0 saturated heterocycles. The normalized spacial score (nSPS) is 12.5. The third kappa shape index (κ3) is 4.00. The van der Waals surface area contributed by atoms with Gasteiger partial charge in [0.05, 0.1) is 24.8 Å². The summed E-state index contributed by atoms with van der Waals surface area (Å²) in [6, 6.07) is 11.9. The van der Waals surface area contributed by atoms with Gasteiger partial charge in [-0.3, -0.25) is 4.72 Å². The first-order valence-corrected chi connectivity index (χ1v) is 9.24. The van der Waals surface area contributed by atoms with Gasteiger partial charge >= 0.3 is 0 Å². The molecule has 0 heterocycles. The first kappa shape index (κ1) is 18.1. The number of anilines is 1. The largest absolute Gasteiger partial charge is 0.497 e. The molecule has 0 fully saturated rings. The Balaban J connectivity index is 2.28. The van der Waals surface area contributed by atoms with Crippen molar-refractivity contribution >= 4 is 15.7 Å². The minimum absolute atomic E-state index is 0.215. The molecule has 0 aromatic heterocycles. The van der Waals surface area contributed by atoms with Gasteiger partial charge in [-0.1, -0.05) is 26.0 Å². The zero-order chi connectivity index (χ0) is 17.7. The molecule has 0 aliphatic rings. The van der Waals surface area contributed by atoms with Gasteiger partial charge in [0.25, 0.3) is 10.0 Å². The number of sulfonamides is 1. The monoisotopic (exact) mass is 349 g/mol. The highest BCUT2D eigenvalue weighted by molar-refractivity contribution is 7.92. The maximum Gasteiger partial charge on any atom is 0.262 e.